The minimum Gasteiger partial charge on any atom is -0.465 e. The minimum absolute atomic E-state index is 0.149. The summed E-state index contributed by atoms with van der Waals surface area (Å²) in [5, 5.41) is 0. The number of nitrogens with zero attached hydrogens (tertiary/aromatic N) is 2. The fraction of sp³-hybridized carbons (Fsp3) is 0.688. The number of carbonyl (C=O) groups excluding carboxylic acids is 1. The lowest BCUT2D eigenvalue weighted by atomic mass is 9.90. The van der Waals surface area contributed by atoms with Crippen LogP contribution in [0, 0.1) is 6.92 Å². The van der Waals surface area contributed by atoms with Gasteiger partial charge in [0.2, 0.25) is 5.91 Å². The maximum absolute atomic E-state index is 11.6. The molecule has 1 atom stereocenters. The number of hydrogen-bond donors (Lipinski definition) is 0. The van der Waals surface area contributed by atoms with E-state index in [1.165, 1.54) is 0 Å². The number of aryl methyl sites for hydroxylation is 1. The molecule has 116 valence electrons. The van der Waals surface area contributed by atoms with Gasteiger partial charge in [-0.15, -0.1) is 0 Å². The van der Waals surface area contributed by atoms with Crippen molar-refractivity contribution in [1.29, 1.82) is 0 Å². The molecule has 5 heteroatoms. The van der Waals surface area contributed by atoms with Crippen LogP contribution in [0.5, 0.6) is 0 Å². The van der Waals surface area contributed by atoms with E-state index in [9.17, 15) is 4.79 Å². The average molecular weight is 292 g/mol. The predicted octanol–water partition coefficient (Wildman–Crippen LogP) is 1.80. The summed E-state index contributed by atoms with van der Waals surface area (Å²) in [6.07, 6.45) is 2.05. The van der Waals surface area contributed by atoms with Crippen LogP contribution in [0.4, 0.5) is 0 Å². The van der Waals surface area contributed by atoms with E-state index < -0.39 is 0 Å². The maximum Gasteiger partial charge on any atom is 0.219 e. The van der Waals surface area contributed by atoms with Gasteiger partial charge in [-0.3, -0.25) is 9.69 Å². The SMILES string of the molecule is CC(=O)N1CCC[C@@]2(CN(Cc3ccc(C)o3)CCO2)C1. The first kappa shape index (κ1) is 14.6. The van der Waals surface area contributed by atoms with E-state index in [4.69, 9.17) is 9.15 Å². The van der Waals surface area contributed by atoms with Crippen LogP contribution in [-0.4, -0.2) is 54.1 Å². The summed E-state index contributed by atoms with van der Waals surface area (Å²) >= 11 is 0. The molecule has 3 heterocycles. The first-order valence-corrected chi connectivity index (χ1v) is 7.73. The number of carbonyl (C=O) groups is 1. The van der Waals surface area contributed by atoms with Crippen LogP contribution in [0.25, 0.3) is 0 Å². The lowest BCUT2D eigenvalue weighted by Crippen LogP contribution is -2.60. The second-order valence-corrected chi connectivity index (χ2v) is 6.30. The fourth-order valence-electron chi connectivity index (χ4n) is 3.46. The van der Waals surface area contributed by atoms with Crippen molar-refractivity contribution in [3.63, 3.8) is 0 Å². The molecule has 21 heavy (non-hydrogen) atoms. The Balaban J connectivity index is 1.65. The highest BCUT2D eigenvalue weighted by molar-refractivity contribution is 5.73. The van der Waals surface area contributed by atoms with Crippen molar-refractivity contribution in [1.82, 2.24) is 9.80 Å². The molecule has 2 fully saturated rings. The first-order valence-electron chi connectivity index (χ1n) is 7.73. The Morgan fingerprint density at radius 3 is 2.90 bits per heavy atom. The van der Waals surface area contributed by atoms with Crippen molar-refractivity contribution in [2.45, 2.75) is 38.8 Å². The molecular formula is C16H24N2O3. The molecule has 0 saturated carbocycles. The monoisotopic (exact) mass is 292 g/mol. The summed E-state index contributed by atoms with van der Waals surface area (Å²) in [7, 11) is 0. The summed E-state index contributed by atoms with van der Waals surface area (Å²) in [4.78, 5) is 15.9. The third-order valence-corrected chi connectivity index (χ3v) is 4.49. The van der Waals surface area contributed by atoms with Crippen molar-refractivity contribution < 1.29 is 13.9 Å². The van der Waals surface area contributed by atoms with Crippen LogP contribution in [0.2, 0.25) is 0 Å². The van der Waals surface area contributed by atoms with Crippen LogP contribution in [0.1, 0.15) is 31.3 Å². The van der Waals surface area contributed by atoms with Gasteiger partial charge in [0, 0.05) is 26.6 Å². The number of amides is 1. The van der Waals surface area contributed by atoms with Gasteiger partial charge in [0.1, 0.15) is 11.5 Å². The van der Waals surface area contributed by atoms with Crippen LogP contribution in [0.3, 0.4) is 0 Å². The van der Waals surface area contributed by atoms with Crippen molar-refractivity contribution in [2.75, 3.05) is 32.8 Å². The molecule has 0 aromatic carbocycles. The third kappa shape index (κ3) is 3.30. The van der Waals surface area contributed by atoms with E-state index in [2.05, 4.69) is 4.90 Å². The molecule has 0 aliphatic carbocycles. The van der Waals surface area contributed by atoms with Crippen LogP contribution in [-0.2, 0) is 16.1 Å². The zero-order chi connectivity index (χ0) is 14.9. The van der Waals surface area contributed by atoms with Crippen molar-refractivity contribution in [2.24, 2.45) is 0 Å². The smallest absolute Gasteiger partial charge is 0.219 e. The van der Waals surface area contributed by atoms with Crippen LogP contribution < -0.4 is 0 Å². The van der Waals surface area contributed by atoms with Gasteiger partial charge in [-0.2, -0.15) is 0 Å². The van der Waals surface area contributed by atoms with Crippen molar-refractivity contribution in [3.05, 3.63) is 23.7 Å². The molecule has 3 rings (SSSR count). The van der Waals surface area contributed by atoms with Crippen LogP contribution >= 0.6 is 0 Å². The molecule has 0 radical (unpaired) electrons. The first-order chi connectivity index (χ1) is 10.1. The molecule has 2 saturated heterocycles. The van der Waals surface area contributed by atoms with Gasteiger partial charge in [-0.25, -0.2) is 0 Å². The highest BCUT2D eigenvalue weighted by atomic mass is 16.5. The van der Waals surface area contributed by atoms with Gasteiger partial charge in [0.15, 0.2) is 0 Å². The Hall–Kier alpha value is -1.33. The van der Waals surface area contributed by atoms with Gasteiger partial charge in [0.25, 0.3) is 0 Å². The number of morpholine rings is 1. The highest BCUT2D eigenvalue weighted by Crippen LogP contribution is 2.29. The summed E-state index contributed by atoms with van der Waals surface area (Å²) in [6.45, 7) is 8.53. The largest absolute Gasteiger partial charge is 0.465 e. The van der Waals surface area contributed by atoms with Gasteiger partial charge in [-0.1, -0.05) is 0 Å². The normalized spacial score (nSPS) is 27.2. The van der Waals surface area contributed by atoms with Gasteiger partial charge < -0.3 is 14.1 Å². The number of piperidine rings is 1. The molecule has 5 nitrogen and oxygen atoms in total. The summed E-state index contributed by atoms with van der Waals surface area (Å²) in [5.74, 6) is 2.11. The number of likely N-dealkylation sites (tertiary alicyclic amines) is 1. The average Bonchev–Trinajstić information content (AvgIpc) is 2.84. The molecule has 1 aromatic heterocycles. The lowest BCUT2D eigenvalue weighted by molar-refractivity contribution is -0.157. The zero-order valence-corrected chi connectivity index (χ0v) is 12.9. The summed E-state index contributed by atoms with van der Waals surface area (Å²) in [5.41, 5.74) is -0.191. The van der Waals surface area contributed by atoms with E-state index in [1.54, 1.807) is 6.92 Å². The zero-order valence-electron chi connectivity index (χ0n) is 12.9. The molecule has 1 amide bonds. The Morgan fingerprint density at radius 2 is 2.19 bits per heavy atom. The second-order valence-electron chi connectivity index (χ2n) is 6.30. The molecule has 2 aliphatic heterocycles. The lowest BCUT2D eigenvalue weighted by Gasteiger charge is -2.47. The highest BCUT2D eigenvalue weighted by Gasteiger charge is 2.41. The van der Waals surface area contributed by atoms with E-state index in [1.807, 2.05) is 24.0 Å². The number of rotatable bonds is 2. The molecule has 1 aromatic rings. The third-order valence-electron chi connectivity index (χ3n) is 4.49. The quantitative estimate of drug-likeness (QED) is 0.834. The van der Waals surface area contributed by atoms with Gasteiger partial charge in [-0.05, 0) is 31.9 Å². The van der Waals surface area contributed by atoms with E-state index >= 15 is 0 Å². The molecular weight excluding hydrogens is 268 g/mol. The number of furan rings is 1. The Morgan fingerprint density at radius 1 is 1.33 bits per heavy atom. The van der Waals surface area contributed by atoms with Crippen LogP contribution in [0.15, 0.2) is 16.5 Å². The predicted molar refractivity (Wildman–Crippen MR) is 78.9 cm³/mol. The molecule has 0 bridgehead atoms. The summed E-state index contributed by atoms with van der Waals surface area (Å²) < 4.78 is 11.8. The molecule has 0 unspecified atom stereocenters. The maximum atomic E-state index is 11.6. The van der Waals surface area contributed by atoms with E-state index in [-0.39, 0.29) is 11.5 Å². The number of hydrogen-bond acceptors (Lipinski definition) is 4. The summed E-state index contributed by atoms with van der Waals surface area (Å²) in [6, 6.07) is 4.05. The Bertz CT molecular complexity index is 509. The van der Waals surface area contributed by atoms with Gasteiger partial charge in [0.05, 0.1) is 25.3 Å². The van der Waals surface area contributed by atoms with E-state index in [0.717, 1.165) is 63.7 Å². The van der Waals surface area contributed by atoms with Gasteiger partial charge >= 0.3 is 0 Å². The standard InChI is InChI=1S/C16H24N2O3/c1-13-4-5-15(21-13)10-17-8-9-20-16(11-17)6-3-7-18(12-16)14(2)19/h4-5H,3,6-12H2,1-2H3/t16-/m1/s1. The molecule has 1 spiro atoms. The number of ether oxygens (including phenoxy) is 1. The second kappa shape index (κ2) is 5.81. The fourth-order valence-corrected chi connectivity index (χ4v) is 3.46. The van der Waals surface area contributed by atoms with Crippen molar-refractivity contribution >= 4 is 5.91 Å². The topological polar surface area (TPSA) is 45.9 Å². The Labute approximate surface area is 125 Å². The molecule has 0 N–H and O–H groups in total. The van der Waals surface area contributed by atoms with E-state index in [0.29, 0.717) is 0 Å². The minimum atomic E-state index is -0.191. The van der Waals surface area contributed by atoms with Crippen molar-refractivity contribution in [3.8, 4) is 0 Å². The Kier molecular flexibility index (Phi) is 4.04. The molecule has 2 aliphatic rings.